The van der Waals surface area contributed by atoms with E-state index in [0.29, 0.717) is 0 Å². The molecule has 1 heteroatoms. The first-order valence-electron chi connectivity index (χ1n) is 21.0. The number of rotatable bonds is 8. The summed E-state index contributed by atoms with van der Waals surface area (Å²) in [5.74, 6) is 0. The monoisotopic (exact) mass is 775 g/mol. The second-order valence-corrected chi connectivity index (χ2v) is 15.7. The number of nitrogens with zero attached hydrogens (tertiary/aromatic N) is 1. The molecule has 0 aliphatic carbocycles. The van der Waals surface area contributed by atoms with E-state index in [0.717, 1.165) is 17.1 Å². The second kappa shape index (κ2) is 15.6. The zero-order chi connectivity index (χ0) is 40.5. The normalized spacial score (nSPS) is 11.3. The predicted octanol–water partition coefficient (Wildman–Crippen LogP) is 17.0. The minimum Gasteiger partial charge on any atom is -0.311 e. The largest absolute Gasteiger partial charge is 0.311 e. The summed E-state index contributed by atoms with van der Waals surface area (Å²) >= 11 is 0. The molecular formula is C60H41N. The summed E-state index contributed by atoms with van der Waals surface area (Å²) in [6, 6.07) is 90.4. The van der Waals surface area contributed by atoms with E-state index in [9.17, 15) is 0 Å². The lowest BCUT2D eigenvalue weighted by molar-refractivity contribution is 1.28. The molecule has 11 aromatic rings. The Kier molecular flexibility index (Phi) is 9.26. The highest BCUT2D eigenvalue weighted by Crippen LogP contribution is 2.42. The molecule has 0 N–H and O–H groups in total. The van der Waals surface area contributed by atoms with Gasteiger partial charge in [0.2, 0.25) is 0 Å². The maximum atomic E-state index is 2.39. The summed E-state index contributed by atoms with van der Waals surface area (Å²) in [6.07, 6.45) is 0. The molecule has 0 unspecified atom stereocenters. The van der Waals surface area contributed by atoms with Gasteiger partial charge in [-0.25, -0.2) is 0 Å². The van der Waals surface area contributed by atoms with Gasteiger partial charge in [0.1, 0.15) is 0 Å². The maximum absolute atomic E-state index is 2.39. The van der Waals surface area contributed by atoms with E-state index in [-0.39, 0.29) is 0 Å². The summed E-state index contributed by atoms with van der Waals surface area (Å²) in [5.41, 5.74) is 15.3. The fraction of sp³-hybridized carbons (Fsp3) is 0. The molecule has 0 fully saturated rings. The quantitative estimate of drug-likeness (QED) is 0.139. The van der Waals surface area contributed by atoms with Gasteiger partial charge in [0.05, 0.1) is 0 Å². The molecule has 1 nitrogen and oxygen atoms in total. The SMILES string of the molecule is c1ccc(-c2ccc(N(c3ccc(-c4cc(-c5cc6ccccc6c6ccccc56)ccc4-c4ccccc4)cc3)c3ccc(-c4cccc5ccccc45)cc3)cc2)cc1. The van der Waals surface area contributed by atoms with Gasteiger partial charge in [-0.05, 0) is 136 Å². The van der Waals surface area contributed by atoms with Crippen molar-refractivity contribution < 1.29 is 0 Å². The van der Waals surface area contributed by atoms with Crippen LogP contribution in [0.5, 0.6) is 0 Å². The average Bonchev–Trinajstić information content (AvgIpc) is 3.35. The minimum absolute atomic E-state index is 1.09. The van der Waals surface area contributed by atoms with Gasteiger partial charge in [-0.3, -0.25) is 0 Å². The van der Waals surface area contributed by atoms with Crippen molar-refractivity contribution in [2.24, 2.45) is 0 Å². The molecule has 0 spiro atoms. The summed E-state index contributed by atoms with van der Waals surface area (Å²) in [7, 11) is 0. The molecule has 286 valence electrons. The molecule has 0 heterocycles. The molecule has 0 saturated heterocycles. The lowest BCUT2D eigenvalue weighted by Gasteiger charge is -2.26. The fourth-order valence-corrected chi connectivity index (χ4v) is 9.05. The Balaban J connectivity index is 1.02. The summed E-state index contributed by atoms with van der Waals surface area (Å²) < 4.78 is 0. The van der Waals surface area contributed by atoms with Gasteiger partial charge in [-0.15, -0.1) is 0 Å². The van der Waals surface area contributed by atoms with Crippen LogP contribution in [0.15, 0.2) is 249 Å². The van der Waals surface area contributed by atoms with Crippen LogP contribution in [-0.4, -0.2) is 0 Å². The maximum Gasteiger partial charge on any atom is 0.0462 e. The van der Waals surface area contributed by atoms with E-state index in [4.69, 9.17) is 0 Å². The topological polar surface area (TPSA) is 3.24 Å². The summed E-state index contributed by atoms with van der Waals surface area (Å²) in [6.45, 7) is 0. The number of benzene rings is 11. The van der Waals surface area contributed by atoms with E-state index < -0.39 is 0 Å². The van der Waals surface area contributed by atoms with E-state index in [1.54, 1.807) is 0 Å². The van der Waals surface area contributed by atoms with Gasteiger partial charge in [0.25, 0.3) is 0 Å². The standard InChI is InChI=1S/C60H41N/c1-3-14-42(15-4-1)43-26-33-50(34-27-43)61(51-35-28-46(29-36-51)54-25-13-20-45-18-7-9-21-53(45)54)52-37-30-47(31-38-52)59-41-49(32-39-56(59)44-16-5-2-6-17-44)60-40-48-19-8-10-22-55(48)57-23-11-12-24-58(57)60/h1-41H. The molecule has 0 radical (unpaired) electrons. The van der Waals surface area contributed by atoms with Crippen LogP contribution in [0, 0.1) is 0 Å². The molecule has 11 aromatic carbocycles. The van der Waals surface area contributed by atoms with Gasteiger partial charge in [-0.2, -0.15) is 0 Å². The second-order valence-electron chi connectivity index (χ2n) is 15.7. The molecule has 0 amide bonds. The Morgan fingerprint density at radius 1 is 0.197 bits per heavy atom. The Morgan fingerprint density at radius 2 is 0.639 bits per heavy atom. The smallest absolute Gasteiger partial charge is 0.0462 e. The van der Waals surface area contributed by atoms with Gasteiger partial charge in [0.15, 0.2) is 0 Å². The molecule has 0 bridgehead atoms. The summed E-state index contributed by atoms with van der Waals surface area (Å²) in [4.78, 5) is 2.36. The lowest BCUT2D eigenvalue weighted by Crippen LogP contribution is -2.09. The van der Waals surface area contributed by atoms with Crippen LogP contribution in [0.25, 0.3) is 88.0 Å². The first kappa shape index (κ1) is 36.1. The highest BCUT2D eigenvalue weighted by Gasteiger charge is 2.17. The average molecular weight is 776 g/mol. The van der Waals surface area contributed by atoms with Crippen molar-refractivity contribution in [3.05, 3.63) is 249 Å². The van der Waals surface area contributed by atoms with Crippen LogP contribution in [0.2, 0.25) is 0 Å². The van der Waals surface area contributed by atoms with Crippen molar-refractivity contribution in [2.45, 2.75) is 0 Å². The van der Waals surface area contributed by atoms with Crippen LogP contribution >= 0.6 is 0 Å². The van der Waals surface area contributed by atoms with Crippen molar-refractivity contribution in [3.63, 3.8) is 0 Å². The van der Waals surface area contributed by atoms with Crippen molar-refractivity contribution >= 4 is 49.4 Å². The molecule has 0 atom stereocenters. The number of hydrogen-bond acceptors (Lipinski definition) is 1. The molecule has 61 heavy (non-hydrogen) atoms. The molecule has 0 saturated carbocycles. The Labute approximate surface area is 357 Å². The van der Waals surface area contributed by atoms with Crippen molar-refractivity contribution in [3.8, 4) is 55.6 Å². The third-order valence-electron chi connectivity index (χ3n) is 12.1. The van der Waals surface area contributed by atoms with Gasteiger partial charge < -0.3 is 4.90 Å². The Bertz CT molecular complexity index is 3310. The minimum atomic E-state index is 1.09. The van der Waals surface area contributed by atoms with E-state index in [2.05, 4.69) is 254 Å². The van der Waals surface area contributed by atoms with Gasteiger partial charge in [0, 0.05) is 17.1 Å². The third kappa shape index (κ3) is 6.83. The number of anilines is 3. The lowest BCUT2D eigenvalue weighted by atomic mass is 9.88. The molecular weight excluding hydrogens is 735 g/mol. The zero-order valence-corrected chi connectivity index (χ0v) is 33.6. The van der Waals surface area contributed by atoms with Crippen LogP contribution < -0.4 is 4.90 Å². The van der Waals surface area contributed by atoms with E-state index in [1.807, 2.05) is 0 Å². The highest BCUT2D eigenvalue weighted by molar-refractivity contribution is 6.14. The van der Waals surface area contributed by atoms with Gasteiger partial charge in [-0.1, -0.05) is 200 Å². The number of hydrogen-bond donors (Lipinski definition) is 0. The Hall–Kier alpha value is -8.00. The molecule has 0 aromatic heterocycles. The fourth-order valence-electron chi connectivity index (χ4n) is 9.05. The van der Waals surface area contributed by atoms with Crippen molar-refractivity contribution in [1.82, 2.24) is 0 Å². The molecule has 0 aliphatic rings. The van der Waals surface area contributed by atoms with Crippen molar-refractivity contribution in [1.29, 1.82) is 0 Å². The third-order valence-corrected chi connectivity index (χ3v) is 12.1. The van der Waals surface area contributed by atoms with Gasteiger partial charge >= 0.3 is 0 Å². The Morgan fingerprint density at radius 3 is 1.30 bits per heavy atom. The predicted molar refractivity (Wildman–Crippen MR) is 261 cm³/mol. The van der Waals surface area contributed by atoms with Crippen LogP contribution in [0.3, 0.4) is 0 Å². The van der Waals surface area contributed by atoms with Crippen molar-refractivity contribution in [2.75, 3.05) is 4.90 Å². The van der Waals surface area contributed by atoms with Crippen LogP contribution in [-0.2, 0) is 0 Å². The van der Waals surface area contributed by atoms with E-state index >= 15 is 0 Å². The summed E-state index contributed by atoms with van der Waals surface area (Å²) in [5, 5.41) is 7.56. The van der Waals surface area contributed by atoms with Crippen LogP contribution in [0.1, 0.15) is 0 Å². The van der Waals surface area contributed by atoms with E-state index in [1.165, 1.54) is 88.0 Å². The van der Waals surface area contributed by atoms with Crippen LogP contribution in [0.4, 0.5) is 17.1 Å². The number of fused-ring (bicyclic) bond motifs is 4. The highest BCUT2D eigenvalue weighted by atomic mass is 15.1. The zero-order valence-electron chi connectivity index (χ0n) is 33.6. The molecule has 0 aliphatic heterocycles. The first-order chi connectivity index (χ1) is 30.2. The first-order valence-corrected chi connectivity index (χ1v) is 21.0. The molecule has 11 rings (SSSR count).